The minimum Gasteiger partial charge on any atom is -0.339 e. The van der Waals surface area contributed by atoms with Crippen LogP contribution in [-0.2, 0) is 15.0 Å². The van der Waals surface area contributed by atoms with E-state index < -0.39 is 10.8 Å². The molecule has 3 aliphatic carbocycles. The van der Waals surface area contributed by atoms with Gasteiger partial charge in [-0.1, -0.05) is 37.3 Å². The van der Waals surface area contributed by atoms with Crippen molar-refractivity contribution in [3.05, 3.63) is 47.5 Å². The van der Waals surface area contributed by atoms with Crippen LogP contribution in [0.4, 0.5) is 0 Å². The Kier molecular flexibility index (Phi) is 2.95. The van der Waals surface area contributed by atoms with Crippen LogP contribution in [0.25, 0.3) is 0 Å². The maximum absolute atomic E-state index is 13.9. The van der Waals surface area contributed by atoms with Crippen LogP contribution in [0.2, 0.25) is 0 Å². The van der Waals surface area contributed by atoms with E-state index in [1.54, 1.807) is 6.08 Å². The molecule has 1 aliphatic heterocycles. The lowest BCUT2D eigenvalue weighted by Gasteiger charge is -2.53. The van der Waals surface area contributed by atoms with Gasteiger partial charge in [0.05, 0.1) is 5.57 Å². The molecule has 4 heteroatoms. The van der Waals surface area contributed by atoms with Gasteiger partial charge < -0.3 is 4.90 Å². The molecule has 0 N–H and O–H groups in total. The van der Waals surface area contributed by atoms with Crippen molar-refractivity contribution in [1.82, 2.24) is 4.90 Å². The molecular weight excluding hydrogens is 324 g/mol. The van der Waals surface area contributed by atoms with Crippen LogP contribution >= 0.6 is 0 Å². The highest BCUT2D eigenvalue weighted by Gasteiger charge is 2.81. The summed E-state index contributed by atoms with van der Waals surface area (Å²) < 4.78 is 0. The maximum atomic E-state index is 13.9. The second-order valence-electron chi connectivity index (χ2n) is 8.60. The molecule has 0 bridgehead atoms. The lowest BCUT2D eigenvalue weighted by atomic mass is 9.56. The van der Waals surface area contributed by atoms with Gasteiger partial charge in [0.15, 0.2) is 5.78 Å². The summed E-state index contributed by atoms with van der Waals surface area (Å²) in [4.78, 5) is 28.9. The Labute approximate surface area is 153 Å². The molecule has 1 aromatic rings. The van der Waals surface area contributed by atoms with Gasteiger partial charge in [-0.25, -0.2) is 0 Å². The summed E-state index contributed by atoms with van der Waals surface area (Å²) in [5.41, 5.74) is -0.762. The normalized spacial score (nSPS) is 38.6. The SMILES string of the molecule is CC12C[C@]13CCN(C1CCC1)C(=O)[C@@]3(c1ccccc1)C=C(C#N)C2=O. The molecule has 4 nitrogen and oxygen atoms in total. The highest BCUT2D eigenvalue weighted by molar-refractivity contribution is 6.11. The lowest BCUT2D eigenvalue weighted by Crippen LogP contribution is -2.63. The molecule has 0 aromatic heterocycles. The maximum Gasteiger partial charge on any atom is 0.238 e. The van der Waals surface area contributed by atoms with Crippen LogP contribution in [-0.4, -0.2) is 29.2 Å². The zero-order valence-electron chi connectivity index (χ0n) is 15.0. The molecule has 26 heavy (non-hydrogen) atoms. The highest BCUT2D eigenvalue weighted by atomic mass is 16.2. The number of piperidine rings is 1. The van der Waals surface area contributed by atoms with Crippen LogP contribution < -0.4 is 0 Å². The standard InChI is InChI=1S/C22H22N2O2/c1-20-14-21(20)10-11-24(17-8-5-9-17)19(26)22(21,12-15(13-23)18(20)25)16-6-3-2-4-7-16/h2-4,6-7,12,17H,5,8-11,14H2,1H3/t20?,21-,22+/m1/s1. The van der Waals surface area contributed by atoms with Crippen molar-refractivity contribution in [2.75, 3.05) is 6.54 Å². The number of benzene rings is 1. The zero-order chi connectivity index (χ0) is 18.2. The summed E-state index contributed by atoms with van der Waals surface area (Å²) in [6.45, 7) is 2.69. The van der Waals surface area contributed by atoms with E-state index in [-0.39, 0.29) is 22.7 Å². The average Bonchev–Trinajstić information content (AvgIpc) is 3.25. The summed E-state index contributed by atoms with van der Waals surface area (Å²) in [5, 5.41) is 9.62. The van der Waals surface area contributed by atoms with Gasteiger partial charge in [-0.15, -0.1) is 0 Å². The smallest absolute Gasteiger partial charge is 0.238 e. The molecule has 4 aliphatic rings. The van der Waals surface area contributed by atoms with Crippen LogP contribution in [0.3, 0.4) is 0 Å². The van der Waals surface area contributed by atoms with Crippen molar-refractivity contribution >= 4 is 11.7 Å². The van der Waals surface area contributed by atoms with E-state index in [1.807, 2.05) is 42.2 Å². The van der Waals surface area contributed by atoms with Gasteiger partial charge in [-0.2, -0.15) is 5.26 Å². The minimum atomic E-state index is -0.879. The number of carbonyl (C=O) groups is 2. The summed E-state index contributed by atoms with van der Waals surface area (Å²) in [7, 11) is 0. The summed E-state index contributed by atoms with van der Waals surface area (Å²) in [5.74, 6) is 0.0278. The predicted octanol–water partition coefficient (Wildman–Crippen LogP) is 3.14. The molecule has 0 radical (unpaired) electrons. The quantitative estimate of drug-likeness (QED) is 0.826. The number of ketones is 1. The Morgan fingerprint density at radius 3 is 2.54 bits per heavy atom. The lowest BCUT2D eigenvalue weighted by molar-refractivity contribution is -0.150. The Morgan fingerprint density at radius 1 is 1.19 bits per heavy atom. The van der Waals surface area contributed by atoms with Gasteiger partial charge in [-0.3, -0.25) is 9.59 Å². The minimum absolute atomic E-state index is 0.0727. The van der Waals surface area contributed by atoms with Gasteiger partial charge in [0.25, 0.3) is 0 Å². The summed E-state index contributed by atoms with van der Waals surface area (Å²) >= 11 is 0. The van der Waals surface area contributed by atoms with Gasteiger partial charge in [0.2, 0.25) is 5.91 Å². The third kappa shape index (κ3) is 1.56. The van der Waals surface area contributed by atoms with Crippen molar-refractivity contribution in [2.24, 2.45) is 10.8 Å². The molecule has 1 saturated heterocycles. The Hall–Kier alpha value is -2.41. The van der Waals surface area contributed by atoms with Gasteiger partial charge >= 0.3 is 0 Å². The largest absolute Gasteiger partial charge is 0.339 e. The van der Waals surface area contributed by atoms with Crippen molar-refractivity contribution in [3.8, 4) is 6.07 Å². The number of Topliss-reactive ketones (excluding diaryl/α,β-unsaturated/α-hetero) is 1. The fourth-order valence-electron chi connectivity index (χ4n) is 5.93. The second-order valence-corrected chi connectivity index (χ2v) is 8.60. The summed E-state index contributed by atoms with van der Waals surface area (Å²) in [6.07, 6.45) is 6.56. The number of rotatable bonds is 2. The van der Waals surface area contributed by atoms with E-state index in [9.17, 15) is 14.9 Å². The van der Waals surface area contributed by atoms with Crippen molar-refractivity contribution < 1.29 is 9.59 Å². The average molecular weight is 346 g/mol. The molecule has 132 valence electrons. The Balaban J connectivity index is 1.76. The monoisotopic (exact) mass is 346 g/mol. The number of amides is 1. The molecule has 5 rings (SSSR count). The first-order chi connectivity index (χ1) is 12.5. The van der Waals surface area contributed by atoms with Crippen molar-refractivity contribution in [3.63, 3.8) is 0 Å². The van der Waals surface area contributed by atoms with Crippen LogP contribution in [0.5, 0.6) is 0 Å². The molecule has 1 heterocycles. The van der Waals surface area contributed by atoms with Crippen LogP contribution in [0.1, 0.15) is 44.6 Å². The number of allylic oxidation sites excluding steroid dienone is 1. The molecule has 1 aromatic carbocycles. The Bertz CT molecular complexity index is 894. The first-order valence-electron chi connectivity index (χ1n) is 9.55. The molecule has 3 atom stereocenters. The number of nitriles is 1. The van der Waals surface area contributed by atoms with E-state index in [1.165, 1.54) is 6.42 Å². The third-order valence-corrected chi connectivity index (χ3v) is 7.69. The number of likely N-dealkylation sites (tertiary alicyclic amines) is 1. The second kappa shape index (κ2) is 4.85. The fraction of sp³-hybridized carbons (Fsp3) is 0.500. The van der Waals surface area contributed by atoms with Gasteiger partial charge in [-0.05, 0) is 43.7 Å². The number of carbonyl (C=O) groups excluding carboxylic acids is 2. The third-order valence-electron chi connectivity index (χ3n) is 7.69. The first kappa shape index (κ1) is 15.8. The molecule has 1 spiro atoms. The number of nitrogens with zero attached hydrogens (tertiary/aromatic N) is 2. The van der Waals surface area contributed by atoms with E-state index >= 15 is 0 Å². The molecule has 1 unspecified atom stereocenters. The highest BCUT2D eigenvalue weighted by Crippen LogP contribution is 2.78. The number of hydrogen-bond acceptors (Lipinski definition) is 3. The van der Waals surface area contributed by atoms with E-state index in [0.29, 0.717) is 12.5 Å². The predicted molar refractivity (Wildman–Crippen MR) is 95.9 cm³/mol. The van der Waals surface area contributed by atoms with E-state index in [2.05, 4.69) is 6.07 Å². The van der Waals surface area contributed by atoms with E-state index in [4.69, 9.17) is 0 Å². The molecule has 3 fully saturated rings. The molecule has 2 saturated carbocycles. The summed E-state index contributed by atoms with van der Waals surface area (Å²) in [6, 6.07) is 12.2. The molecular formula is C22H22N2O2. The molecule has 1 amide bonds. The van der Waals surface area contributed by atoms with Crippen molar-refractivity contribution in [1.29, 1.82) is 5.26 Å². The van der Waals surface area contributed by atoms with Crippen molar-refractivity contribution in [2.45, 2.75) is 50.5 Å². The van der Waals surface area contributed by atoms with Gasteiger partial charge in [0, 0.05) is 23.4 Å². The van der Waals surface area contributed by atoms with Crippen LogP contribution in [0, 0.1) is 22.2 Å². The zero-order valence-corrected chi connectivity index (χ0v) is 15.0. The topological polar surface area (TPSA) is 61.2 Å². The fourth-order valence-corrected chi connectivity index (χ4v) is 5.93. The van der Waals surface area contributed by atoms with E-state index in [0.717, 1.165) is 31.4 Å². The number of hydrogen-bond donors (Lipinski definition) is 0. The van der Waals surface area contributed by atoms with Crippen LogP contribution in [0.15, 0.2) is 42.0 Å². The van der Waals surface area contributed by atoms with Gasteiger partial charge in [0.1, 0.15) is 11.5 Å². The Morgan fingerprint density at radius 2 is 1.92 bits per heavy atom. The first-order valence-corrected chi connectivity index (χ1v) is 9.55.